The molecule has 0 atom stereocenters. The first kappa shape index (κ1) is 16.8. The fourth-order valence-electron chi connectivity index (χ4n) is 3.75. The molecule has 1 aliphatic carbocycles. The molecule has 1 amide bonds. The Hall–Kier alpha value is -1.60. The fraction of sp³-hybridized carbons (Fsp3) is 0.611. The maximum absolute atomic E-state index is 12.2. The monoisotopic (exact) mass is 364 g/mol. The van der Waals surface area contributed by atoms with Gasteiger partial charge in [-0.2, -0.15) is 0 Å². The minimum Gasteiger partial charge on any atom is -0.445 e. The van der Waals surface area contributed by atoms with Crippen LogP contribution in [0.25, 0.3) is 0 Å². The van der Waals surface area contributed by atoms with Crippen LogP contribution in [0.2, 0.25) is 0 Å². The van der Waals surface area contributed by atoms with Crippen molar-refractivity contribution in [3.63, 3.8) is 0 Å². The average molecular weight is 364 g/mol. The summed E-state index contributed by atoms with van der Waals surface area (Å²) in [7, 11) is -3.05. The van der Waals surface area contributed by atoms with Gasteiger partial charge in [0.2, 0.25) is 10.0 Å². The highest BCUT2D eigenvalue weighted by molar-refractivity contribution is 7.90. The lowest BCUT2D eigenvalue weighted by Crippen LogP contribution is -2.62. The first-order chi connectivity index (χ1) is 12.0. The van der Waals surface area contributed by atoms with E-state index in [1.54, 1.807) is 9.21 Å². The Bertz CT molecular complexity index is 730. The van der Waals surface area contributed by atoms with E-state index in [2.05, 4.69) is 0 Å². The number of carbonyl (C=O) groups excluding carboxylic acids is 1. The number of amides is 1. The van der Waals surface area contributed by atoms with Crippen LogP contribution >= 0.6 is 0 Å². The van der Waals surface area contributed by atoms with Gasteiger partial charge in [-0.1, -0.05) is 30.3 Å². The maximum Gasteiger partial charge on any atom is 0.410 e. The molecule has 3 fully saturated rings. The normalized spacial score (nSPS) is 23.3. The molecule has 25 heavy (non-hydrogen) atoms. The molecule has 1 spiro atoms. The fourth-order valence-corrected chi connectivity index (χ4v) is 5.81. The summed E-state index contributed by atoms with van der Waals surface area (Å²) in [4.78, 5) is 13.9. The minimum atomic E-state index is -3.05. The molecule has 2 heterocycles. The van der Waals surface area contributed by atoms with Crippen LogP contribution in [0.3, 0.4) is 0 Å². The van der Waals surface area contributed by atoms with E-state index in [1.165, 1.54) is 0 Å². The van der Waals surface area contributed by atoms with Crippen molar-refractivity contribution in [2.75, 3.05) is 26.2 Å². The van der Waals surface area contributed by atoms with Gasteiger partial charge >= 0.3 is 6.09 Å². The highest BCUT2D eigenvalue weighted by atomic mass is 32.2. The number of benzene rings is 1. The van der Waals surface area contributed by atoms with Gasteiger partial charge in [-0.3, -0.25) is 0 Å². The van der Waals surface area contributed by atoms with Gasteiger partial charge in [-0.15, -0.1) is 0 Å². The van der Waals surface area contributed by atoms with Gasteiger partial charge in [0.1, 0.15) is 6.61 Å². The number of sulfonamides is 1. The van der Waals surface area contributed by atoms with E-state index in [0.29, 0.717) is 26.2 Å². The van der Waals surface area contributed by atoms with Crippen molar-refractivity contribution in [1.82, 2.24) is 9.21 Å². The molecule has 2 aliphatic heterocycles. The van der Waals surface area contributed by atoms with Crippen LogP contribution in [-0.4, -0.2) is 55.1 Å². The van der Waals surface area contributed by atoms with Crippen LogP contribution in [0, 0.1) is 5.41 Å². The first-order valence-corrected chi connectivity index (χ1v) is 10.4. The molecule has 3 aliphatic rings. The van der Waals surface area contributed by atoms with Gasteiger partial charge < -0.3 is 9.64 Å². The number of carbonyl (C=O) groups is 1. The highest BCUT2D eigenvalue weighted by Gasteiger charge is 2.53. The third-order valence-corrected chi connectivity index (χ3v) is 7.91. The topological polar surface area (TPSA) is 66.9 Å². The van der Waals surface area contributed by atoms with Crippen LogP contribution in [0.5, 0.6) is 0 Å². The summed E-state index contributed by atoms with van der Waals surface area (Å²) in [5, 5.41) is -0.127. The van der Waals surface area contributed by atoms with Crippen molar-refractivity contribution >= 4 is 16.1 Å². The summed E-state index contributed by atoms with van der Waals surface area (Å²) in [5.74, 6) is 0. The number of hydrogen-bond acceptors (Lipinski definition) is 4. The second-order valence-corrected chi connectivity index (χ2v) is 9.75. The van der Waals surface area contributed by atoms with Crippen molar-refractivity contribution in [3.05, 3.63) is 35.9 Å². The molecule has 0 N–H and O–H groups in total. The number of ether oxygens (including phenoxy) is 1. The molecular formula is C18H24N2O4S. The third-order valence-electron chi connectivity index (χ3n) is 5.62. The molecule has 0 radical (unpaired) electrons. The molecule has 7 heteroatoms. The summed E-state index contributed by atoms with van der Waals surface area (Å²) in [6.45, 7) is 2.82. The summed E-state index contributed by atoms with van der Waals surface area (Å²) in [6, 6.07) is 9.64. The van der Waals surface area contributed by atoms with E-state index < -0.39 is 10.0 Å². The number of hydrogen-bond donors (Lipinski definition) is 0. The molecule has 1 aromatic rings. The van der Waals surface area contributed by atoms with Crippen molar-refractivity contribution in [2.45, 2.75) is 37.5 Å². The molecule has 1 aromatic carbocycles. The van der Waals surface area contributed by atoms with E-state index >= 15 is 0 Å². The van der Waals surface area contributed by atoms with Crippen molar-refractivity contribution < 1.29 is 17.9 Å². The zero-order valence-corrected chi connectivity index (χ0v) is 15.1. The molecular weight excluding hydrogens is 340 g/mol. The molecule has 0 aromatic heterocycles. The second-order valence-electron chi connectivity index (χ2n) is 7.54. The Morgan fingerprint density at radius 1 is 1.12 bits per heavy atom. The second kappa shape index (κ2) is 6.29. The predicted molar refractivity (Wildman–Crippen MR) is 93.4 cm³/mol. The molecule has 2 saturated heterocycles. The molecule has 0 unspecified atom stereocenters. The Balaban J connectivity index is 1.24. The van der Waals surface area contributed by atoms with Gasteiger partial charge in [0.15, 0.2) is 0 Å². The van der Waals surface area contributed by atoms with Crippen molar-refractivity contribution in [3.8, 4) is 0 Å². The highest BCUT2D eigenvalue weighted by Crippen LogP contribution is 2.44. The van der Waals surface area contributed by atoms with E-state index in [9.17, 15) is 13.2 Å². The van der Waals surface area contributed by atoms with E-state index in [4.69, 9.17) is 4.74 Å². The summed E-state index contributed by atoms with van der Waals surface area (Å²) in [5.41, 5.74) is 1.04. The molecule has 136 valence electrons. The van der Waals surface area contributed by atoms with Crippen LogP contribution < -0.4 is 0 Å². The summed E-state index contributed by atoms with van der Waals surface area (Å²) in [6.07, 6.45) is 3.05. The Labute approximate surface area is 148 Å². The summed E-state index contributed by atoms with van der Waals surface area (Å²) >= 11 is 0. The Morgan fingerprint density at radius 2 is 1.76 bits per heavy atom. The van der Waals surface area contributed by atoms with Gasteiger partial charge in [-0.05, 0) is 31.2 Å². The smallest absolute Gasteiger partial charge is 0.410 e. The minimum absolute atomic E-state index is 0.0676. The Kier molecular flexibility index (Phi) is 4.24. The van der Waals surface area contributed by atoms with E-state index in [-0.39, 0.29) is 23.4 Å². The van der Waals surface area contributed by atoms with Gasteiger partial charge in [0.05, 0.1) is 5.25 Å². The van der Waals surface area contributed by atoms with Crippen molar-refractivity contribution in [2.24, 2.45) is 5.41 Å². The Morgan fingerprint density at radius 3 is 2.36 bits per heavy atom. The first-order valence-electron chi connectivity index (χ1n) is 8.93. The van der Waals surface area contributed by atoms with Crippen LogP contribution in [0.15, 0.2) is 30.3 Å². The van der Waals surface area contributed by atoms with E-state index in [0.717, 1.165) is 31.2 Å². The molecule has 1 saturated carbocycles. The van der Waals surface area contributed by atoms with E-state index in [1.807, 2.05) is 30.3 Å². The third kappa shape index (κ3) is 3.40. The number of piperidine rings is 1. The molecule has 6 nitrogen and oxygen atoms in total. The SMILES string of the molecule is O=C(OCc1ccccc1)N1CCC2(CC1)CN(S(=O)(=O)C1CC1)C2. The largest absolute Gasteiger partial charge is 0.445 e. The maximum atomic E-state index is 12.2. The van der Waals surface area contributed by atoms with Crippen LogP contribution in [0.1, 0.15) is 31.2 Å². The lowest BCUT2D eigenvalue weighted by Gasteiger charge is -2.52. The van der Waals surface area contributed by atoms with Crippen LogP contribution in [-0.2, 0) is 21.4 Å². The number of rotatable bonds is 4. The van der Waals surface area contributed by atoms with Gasteiger partial charge in [0, 0.05) is 31.6 Å². The predicted octanol–water partition coefficient (Wildman–Crippen LogP) is 2.21. The lowest BCUT2D eigenvalue weighted by molar-refractivity contribution is -0.00201. The van der Waals surface area contributed by atoms with Gasteiger partial charge in [0.25, 0.3) is 0 Å². The van der Waals surface area contributed by atoms with Crippen LogP contribution in [0.4, 0.5) is 4.79 Å². The molecule has 0 bridgehead atoms. The summed E-state index contributed by atoms with van der Waals surface area (Å²) < 4.78 is 31.5. The molecule has 4 rings (SSSR count). The van der Waals surface area contributed by atoms with Crippen molar-refractivity contribution in [1.29, 1.82) is 0 Å². The zero-order valence-electron chi connectivity index (χ0n) is 14.3. The standard InChI is InChI=1S/C18H24N2O4S/c21-17(24-12-15-4-2-1-3-5-15)19-10-8-18(9-11-19)13-20(14-18)25(22,23)16-6-7-16/h1-5,16H,6-14H2. The lowest BCUT2D eigenvalue weighted by atomic mass is 9.73. The average Bonchev–Trinajstić information content (AvgIpc) is 3.44. The van der Waals surface area contributed by atoms with Gasteiger partial charge in [-0.25, -0.2) is 17.5 Å². The quantitative estimate of drug-likeness (QED) is 0.822. The zero-order chi connectivity index (χ0) is 17.5. The number of likely N-dealkylation sites (tertiary alicyclic amines) is 1. The number of nitrogens with zero attached hydrogens (tertiary/aromatic N) is 2.